The van der Waals surface area contributed by atoms with Gasteiger partial charge in [0.1, 0.15) is 11.3 Å². The first-order valence-electron chi connectivity index (χ1n) is 8.58. The molecule has 1 aromatic rings. The van der Waals surface area contributed by atoms with Gasteiger partial charge >= 0.3 is 12.4 Å². The van der Waals surface area contributed by atoms with Gasteiger partial charge in [0.05, 0.1) is 0 Å². The van der Waals surface area contributed by atoms with E-state index in [1.807, 2.05) is 0 Å². The van der Waals surface area contributed by atoms with Gasteiger partial charge in [-0.3, -0.25) is 4.79 Å². The fourth-order valence-electron chi connectivity index (χ4n) is 3.90. The molecule has 10 heteroatoms. The number of amides is 1. The maximum absolute atomic E-state index is 13.9. The number of rotatable bonds is 3. The Morgan fingerprint density at radius 1 is 1.07 bits per heavy atom. The predicted molar refractivity (Wildman–Crippen MR) is 96.3 cm³/mol. The lowest BCUT2D eigenvalue weighted by Gasteiger charge is -2.42. The van der Waals surface area contributed by atoms with Crippen molar-refractivity contribution in [1.82, 2.24) is 5.32 Å². The van der Waals surface area contributed by atoms with Crippen molar-refractivity contribution in [3.8, 4) is 0 Å². The van der Waals surface area contributed by atoms with E-state index in [9.17, 15) is 31.1 Å². The fraction of sp³-hybridized carbons (Fsp3) is 0.421. The van der Waals surface area contributed by atoms with Crippen molar-refractivity contribution >= 4 is 29.1 Å². The molecule has 1 N–H and O–H groups in total. The summed E-state index contributed by atoms with van der Waals surface area (Å²) in [5.74, 6) is -4.47. The molecule has 1 aromatic carbocycles. The van der Waals surface area contributed by atoms with E-state index in [1.54, 1.807) is 24.3 Å². The van der Waals surface area contributed by atoms with E-state index in [1.165, 1.54) is 0 Å². The summed E-state index contributed by atoms with van der Waals surface area (Å²) in [5, 5.41) is 0.419. The van der Waals surface area contributed by atoms with Crippen LogP contribution in [-0.4, -0.2) is 24.8 Å². The number of halogens is 8. The Morgan fingerprint density at radius 3 is 2.10 bits per heavy atom. The predicted octanol–water partition coefficient (Wildman–Crippen LogP) is 5.50. The van der Waals surface area contributed by atoms with Crippen LogP contribution < -0.4 is 5.32 Å². The van der Waals surface area contributed by atoms with Gasteiger partial charge in [-0.2, -0.15) is 26.3 Å². The van der Waals surface area contributed by atoms with Crippen molar-refractivity contribution in [1.29, 1.82) is 0 Å². The number of nitrogens with one attached hydrogen (secondary N) is 1. The van der Waals surface area contributed by atoms with Gasteiger partial charge in [0.15, 0.2) is 0 Å². The lowest BCUT2D eigenvalue weighted by atomic mass is 9.71. The van der Waals surface area contributed by atoms with Crippen LogP contribution in [0.15, 0.2) is 46.5 Å². The summed E-state index contributed by atoms with van der Waals surface area (Å²) in [6, 6.07) is 7.14. The number of alkyl halides is 6. The topological polar surface area (TPSA) is 29.1 Å². The number of hydrogen-bond acceptors (Lipinski definition) is 1. The van der Waals surface area contributed by atoms with Crippen molar-refractivity contribution in [3.05, 3.63) is 57.6 Å². The third kappa shape index (κ3) is 4.14. The Bertz CT molecular complexity index is 851. The lowest BCUT2D eigenvalue weighted by Crippen LogP contribution is -2.56. The summed E-state index contributed by atoms with van der Waals surface area (Å²) in [5.41, 5.74) is -1.73. The van der Waals surface area contributed by atoms with Crippen LogP contribution in [0.1, 0.15) is 11.1 Å². The summed E-state index contributed by atoms with van der Waals surface area (Å²) >= 11 is 11.2. The molecular formula is C19H15Cl2F6NO. The number of carbonyl (C=O) groups excluding carboxylic acids is 1. The first-order chi connectivity index (χ1) is 13.3. The molecule has 0 saturated heterocycles. The smallest absolute Gasteiger partial charge is 0.355 e. The van der Waals surface area contributed by atoms with Crippen LogP contribution in [0.3, 0.4) is 0 Å². The average Bonchev–Trinajstić information content (AvgIpc) is 3.01. The van der Waals surface area contributed by atoms with Crippen LogP contribution in [0.5, 0.6) is 0 Å². The minimum absolute atomic E-state index is 0.280. The zero-order valence-corrected chi connectivity index (χ0v) is 16.2. The third-order valence-electron chi connectivity index (χ3n) is 5.29. The van der Waals surface area contributed by atoms with Gasteiger partial charge in [-0.15, -0.1) is 0 Å². The van der Waals surface area contributed by atoms with Crippen LogP contribution in [0.4, 0.5) is 26.3 Å². The van der Waals surface area contributed by atoms with Gasteiger partial charge in [-0.05, 0) is 36.1 Å². The number of fused-ring (bicyclic) bond motifs is 1. The molecule has 0 aliphatic heterocycles. The highest BCUT2D eigenvalue weighted by molar-refractivity contribution is 6.35. The zero-order valence-electron chi connectivity index (χ0n) is 14.7. The molecule has 1 amide bonds. The molecule has 158 valence electrons. The van der Waals surface area contributed by atoms with Crippen LogP contribution in [-0.2, 0) is 17.6 Å². The Labute approximate surface area is 172 Å². The van der Waals surface area contributed by atoms with Crippen molar-refractivity contribution in [2.75, 3.05) is 6.54 Å². The van der Waals surface area contributed by atoms with E-state index in [0.717, 1.165) is 11.1 Å². The molecule has 0 spiro atoms. The molecular weight excluding hydrogens is 443 g/mol. The van der Waals surface area contributed by atoms with E-state index in [4.69, 9.17) is 23.2 Å². The Kier molecular flexibility index (Phi) is 5.73. The molecule has 0 heterocycles. The minimum atomic E-state index is -5.37. The summed E-state index contributed by atoms with van der Waals surface area (Å²) in [6.07, 6.45) is -9.13. The number of carbonyl (C=O) groups is 1. The van der Waals surface area contributed by atoms with Gasteiger partial charge in [0.2, 0.25) is 5.91 Å². The Hall–Kier alpha value is -1.67. The summed E-state index contributed by atoms with van der Waals surface area (Å²) in [6.45, 7) is -1.33. The molecule has 0 radical (unpaired) electrons. The van der Waals surface area contributed by atoms with Crippen molar-refractivity contribution < 1.29 is 31.1 Å². The van der Waals surface area contributed by atoms with Gasteiger partial charge in [0.25, 0.3) is 0 Å². The van der Waals surface area contributed by atoms with Crippen LogP contribution in [0, 0.1) is 17.3 Å². The zero-order chi connectivity index (χ0) is 21.6. The molecule has 2 unspecified atom stereocenters. The molecule has 0 fully saturated rings. The van der Waals surface area contributed by atoms with E-state index < -0.39 is 52.1 Å². The second-order valence-electron chi connectivity index (χ2n) is 7.16. The average molecular weight is 458 g/mol. The Balaban J connectivity index is 1.86. The second-order valence-corrected chi connectivity index (χ2v) is 8.04. The monoisotopic (exact) mass is 457 g/mol. The van der Waals surface area contributed by atoms with Gasteiger partial charge < -0.3 is 5.32 Å². The highest BCUT2D eigenvalue weighted by atomic mass is 35.5. The van der Waals surface area contributed by atoms with Crippen molar-refractivity contribution in [2.45, 2.75) is 25.2 Å². The second kappa shape index (κ2) is 7.54. The molecule has 3 rings (SSSR count). The molecule has 2 aliphatic rings. The highest BCUT2D eigenvalue weighted by Crippen LogP contribution is 2.57. The summed E-state index contributed by atoms with van der Waals surface area (Å²) in [4.78, 5) is 12.5. The van der Waals surface area contributed by atoms with Gasteiger partial charge in [-0.1, -0.05) is 47.5 Å². The molecule has 2 aliphatic carbocycles. The van der Waals surface area contributed by atoms with Gasteiger partial charge in [0, 0.05) is 22.5 Å². The molecule has 0 bridgehead atoms. The van der Waals surface area contributed by atoms with E-state index >= 15 is 0 Å². The fourth-order valence-corrected chi connectivity index (χ4v) is 4.71. The lowest BCUT2D eigenvalue weighted by molar-refractivity contribution is -0.271. The molecule has 0 saturated carbocycles. The number of benzene rings is 1. The quantitative estimate of drug-likeness (QED) is 0.596. The first kappa shape index (κ1) is 22.0. The van der Waals surface area contributed by atoms with E-state index in [-0.39, 0.29) is 6.08 Å². The van der Waals surface area contributed by atoms with Crippen molar-refractivity contribution in [3.63, 3.8) is 0 Å². The maximum Gasteiger partial charge on any atom is 0.400 e. The summed E-state index contributed by atoms with van der Waals surface area (Å²) < 4.78 is 82.4. The largest absolute Gasteiger partial charge is 0.400 e. The summed E-state index contributed by atoms with van der Waals surface area (Å²) in [7, 11) is 0. The third-order valence-corrected chi connectivity index (χ3v) is 5.84. The minimum Gasteiger partial charge on any atom is -0.355 e. The Morgan fingerprint density at radius 2 is 1.62 bits per heavy atom. The molecule has 0 aromatic heterocycles. The maximum atomic E-state index is 13.9. The van der Waals surface area contributed by atoms with Crippen molar-refractivity contribution in [2.24, 2.45) is 17.3 Å². The van der Waals surface area contributed by atoms with Crippen LogP contribution in [0.2, 0.25) is 0 Å². The van der Waals surface area contributed by atoms with Gasteiger partial charge in [-0.25, -0.2) is 0 Å². The normalized spacial score (nSPS) is 25.3. The molecule has 2 nitrogen and oxygen atoms in total. The standard InChI is InChI=1S/C19H15Cl2F6NO/c20-13-7-14(21)15(18(22,23)24)17(8-13,19(25,26)27)9-28-16(29)12-5-10-3-1-2-4-11(10)6-12/h1-4,7-8,12,15H,5-6,9H2,(H,28,29). The number of allylic oxidation sites excluding steroid dienone is 3. The number of hydrogen-bond donors (Lipinski definition) is 1. The highest BCUT2D eigenvalue weighted by Gasteiger charge is 2.67. The molecule has 29 heavy (non-hydrogen) atoms. The van der Waals surface area contributed by atoms with Crippen LogP contribution >= 0.6 is 23.2 Å². The SMILES string of the molecule is O=C(NCC1(C(F)(F)F)C=C(Cl)C=C(Cl)C1C(F)(F)F)C1Cc2ccccc2C1. The van der Waals surface area contributed by atoms with E-state index in [0.29, 0.717) is 18.9 Å². The van der Waals surface area contributed by atoms with Crippen LogP contribution in [0.25, 0.3) is 0 Å². The first-order valence-corrected chi connectivity index (χ1v) is 9.34. The molecule has 2 atom stereocenters. The van der Waals surface area contributed by atoms with E-state index in [2.05, 4.69) is 5.32 Å².